The smallest absolute Gasteiger partial charge is 0.329 e. The molecule has 1 amide bonds. The average Bonchev–Trinajstić information content (AvgIpc) is 2.86. The van der Waals surface area contributed by atoms with Gasteiger partial charge in [-0.1, -0.05) is 12.1 Å². The number of aryl methyl sites for hydroxylation is 1. The van der Waals surface area contributed by atoms with Crippen LogP contribution in [0.2, 0.25) is 0 Å². The minimum atomic E-state index is -0.107. The summed E-state index contributed by atoms with van der Waals surface area (Å²) in [5.74, 6) is 0.0195. The predicted octanol–water partition coefficient (Wildman–Crippen LogP) is 1.46. The molecule has 24 heavy (non-hydrogen) atoms. The van der Waals surface area contributed by atoms with Crippen LogP contribution in [0.3, 0.4) is 0 Å². The lowest BCUT2D eigenvalue weighted by Crippen LogP contribution is -2.48. The number of rotatable bonds is 4. The lowest BCUT2D eigenvalue weighted by Gasteiger charge is -2.32. The number of hydrogen-bond donors (Lipinski definition) is 1. The van der Waals surface area contributed by atoms with E-state index in [-0.39, 0.29) is 30.5 Å². The molecule has 132 valence electrons. The number of carbonyl (C=O) groups is 1. The molecule has 1 N–H and O–H groups in total. The van der Waals surface area contributed by atoms with Crippen molar-refractivity contribution in [2.24, 2.45) is 0 Å². The van der Waals surface area contributed by atoms with Gasteiger partial charge in [-0.3, -0.25) is 13.9 Å². The maximum absolute atomic E-state index is 12.7. The van der Waals surface area contributed by atoms with E-state index in [4.69, 9.17) is 0 Å². The Morgan fingerprint density at radius 1 is 1.25 bits per heavy atom. The molecule has 1 aromatic heterocycles. The summed E-state index contributed by atoms with van der Waals surface area (Å²) in [4.78, 5) is 27.1. The topological polar surface area (TPSA) is 59.3 Å². The Hall–Kier alpha value is -1.79. The van der Waals surface area contributed by atoms with Gasteiger partial charge in [0, 0.05) is 25.7 Å². The van der Waals surface area contributed by atoms with E-state index in [2.05, 4.69) is 5.32 Å². The molecule has 0 radical (unpaired) electrons. The van der Waals surface area contributed by atoms with Crippen molar-refractivity contribution in [3.63, 3.8) is 0 Å². The fourth-order valence-corrected chi connectivity index (χ4v) is 3.41. The van der Waals surface area contributed by atoms with Crippen molar-refractivity contribution in [1.29, 1.82) is 0 Å². The average molecular weight is 353 g/mol. The lowest BCUT2D eigenvalue weighted by atomic mass is 10.1. The molecule has 0 aliphatic carbocycles. The van der Waals surface area contributed by atoms with Gasteiger partial charge in [0.15, 0.2) is 0 Å². The fraction of sp³-hybridized carbons (Fsp3) is 0.529. The molecule has 0 saturated carbocycles. The first-order chi connectivity index (χ1) is 11.2. The lowest BCUT2D eigenvalue weighted by molar-refractivity contribution is -0.133. The standard InChI is InChI=1S/C17H24N4O2.ClH/c1-3-20-14-8-4-5-9-15(14)21(17(20)23)12-16(22)19-10-6-7-13(11-19)18-2;/h4-5,8-9,13,18H,3,6-7,10-12H2,1-2H3;1H. The molecule has 1 fully saturated rings. The molecular weight excluding hydrogens is 328 g/mol. The van der Waals surface area contributed by atoms with Crippen molar-refractivity contribution >= 4 is 29.3 Å². The number of imidazole rings is 1. The second-order valence-electron chi connectivity index (χ2n) is 6.07. The molecule has 1 aliphatic heterocycles. The van der Waals surface area contributed by atoms with E-state index < -0.39 is 0 Å². The molecule has 1 aliphatic rings. The zero-order valence-electron chi connectivity index (χ0n) is 14.2. The molecular formula is C17H25ClN4O2. The summed E-state index contributed by atoms with van der Waals surface area (Å²) in [7, 11) is 1.93. The third-order valence-corrected chi connectivity index (χ3v) is 4.72. The third-order valence-electron chi connectivity index (χ3n) is 4.72. The molecule has 2 aromatic rings. The highest BCUT2D eigenvalue weighted by Gasteiger charge is 2.24. The monoisotopic (exact) mass is 352 g/mol. The Kier molecular flexibility index (Phi) is 6.07. The zero-order chi connectivity index (χ0) is 16.4. The minimum absolute atomic E-state index is 0. The van der Waals surface area contributed by atoms with Crippen LogP contribution in [0.5, 0.6) is 0 Å². The summed E-state index contributed by atoms with van der Waals surface area (Å²) in [6.07, 6.45) is 2.10. The van der Waals surface area contributed by atoms with Crippen molar-refractivity contribution in [2.75, 3.05) is 20.1 Å². The minimum Gasteiger partial charge on any atom is -0.340 e. The molecule has 0 spiro atoms. The van der Waals surface area contributed by atoms with Crippen LogP contribution in [0.1, 0.15) is 19.8 Å². The number of para-hydroxylation sites is 2. The van der Waals surface area contributed by atoms with E-state index in [9.17, 15) is 9.59 Å². The van der Waals surface area contributed by atoms with Gasteiger partial charge in [0.05, 0.1) is 11.0 Å². The summed E-state index contributed by atoms with van der Waals surface area (Å²) in [6, 6.07) is 8.01. The first kappa shape index (κ1) is 18.5. The third kappa shape index (κ3) is 3.35. The van der Waals surface area contributed by atoms with Gasteiger partial charge in [-0.2, -0.15) is 0 Å². The van der Waals surface area contributed by atoms with Crippen molar-refractivity contribution in [3.05, 3.63) is 34.7 Å². The summed E-state index contributed by atoms with van der Waals surface area (Å²) in [5, 5.41) is 3.24. The highest BCUT2D eigenvalue weighted by atomic mass is 35.5. The zero-order valence-corrected chi connectivity index (χ0v) is 15.0. The molecule has 1 unspecified atom stereocenters. The Morgan fingerprint density at radius 3 is 2.54 bits per heavy atom. The summed E-state index contributed by atoms with van der Waals surface area (Å²) in [5.41, 5.74) is 1.61. The van der Waals surface area contributed by atoms with Gasteiger partial charge in [0.25, 0.3) is 0 Å². The fourth-order valence-electron chi connectivity index (χ4n) is 3.41. The van der Waals surface area contributed by atoms with Crippen molar-refractivity contribution in [3.8, 4) is 0 Å². The molecule has 1 atom stereocenters. The van der Waals surface area contributed by atoms with Crippen LogP contribution in [0.4, 0.5) is 0 Å². The van der Waals surface area contributed by atoms with E-state index in [0.717, 1.165) is 37.0 Å². The Morgan fingerprint density at radius 2 is 1.92 bits per heavy atom. The molecule has 7 heteroatoms. The van der Waals surface area contributed by atoms with Gasteiger partial charge >= 0.3 is 5.69 Å². The maximum atomic E-state index is 12.7. The summed E-state index contributed by atoms with van der Waals surface area (Å²) >= 11 is 0. The van der Waals surface area contributed by atoms with Gasteiger partial charge in [-0.05, 0) is 38.9 Å². The number of likely N-dealkylation sites (tertiary alicyclic amines) is 1. The Labute approximate surface area is 147 Å². The van der Waals surface area contributed by atoms with E-state index in [1.165, 1.54) is 0 Å². The number of amides is 1. The molecule has 3 rings (SSSR count). The molecule has 1 aromatic carbocycles. The number of likely N-dealkylation sites (N-methyl/N-ethyl adjacent to an activating group) is 1. The number of carbonyl (C=O) groups excluding carboxylic acids is 1. The van der Waals surface area contributed by atoms with Gasteiger partial charge in [0.1, 0.15) is 6.54 Å². The quantitative estimate of drug-likeness (QED) is 0.906. The highest BCUT2D eigenvalue weighted by molar-refractivity contribution is 5.85. The van der Waals surface area contributed by atoms with Crippen LogP contribution < -0.4 is 11.0 Å². The van der Waals surface area contributed by atoms with Crippen molar-refractivity contribution in [1.82, 2.24) is 19.4 Å². The number of fused-ring (bicyclic) bond motifs is 1. The van der Waals surface area contributed by atoms with Gasteiger partial charge in [-0.15, -0.1) is 12.4 Å². The first-order valence-corrected chi connectivity index (χ1v) is 8.28. The van der Waals surface area contributed by atoms with E-state index in [1.807, 2.05) is 43.1 Å². The molecule has 2 heterocycles. The highest BCUT2D eigenvalue weighted by Crippen LogP contribution is 2.14. The van der Waals surface area contributed by atoms with Gasteiger partial charge in [0.2, 0.25) is 5.91 Å². The number of nitrogens with one attached hydrogen (secondary N) is 1. The number of hydrogen-bond acceptors (Lipinski definition) is 3. The Bertz CT molecular complexity index is 768. The summed E-state index contributed by atoms with van der Waals surface area (Å²) < 4.78 is 3.32. The van der Waals surface area contributed by atoms with Crippen LogP contribution in [0.15, 0.2) is 29.1 Å². The second kappa shape index (κ2) is 7.85. The predicted molar refractivity (Wildman–Crippen MR) is 97.8 cm³/mol. The molecule has 0 bridgehead atoms. The van der Waals surface area contributed by atoms with E-state index in [0.29, 0.717) is 12.6 Å². The Balaban J connectivity index is 0.00000208. The number of aromatic nitrogens is 2. The largest absolute Gasteiger partial charge is 0.340 e. The van der Waals surface area contributed by atoms with Crippen LogP contribution >= 0.6 is 12.4 Å². The number of halogens is 1. The molecule has 1 saturated heterocycles. The number of piperidine rings is 1. The first-order valence-electron chi connectivity index (χ1n) is 8.28. The summed E-state index contributed by atoms with van der Waals surface area (Å²) in [6.45, 7) is 4.16. The van der Waals surface area contributed by atoms with Crippen molar-refractivity contribution in [2.45, 2.75) is 38.9 Å². The van der Waals surface area contributed by atoms with Gasteiger partial charge in [-0.25, -0.2) is 4.79 Å². The van der Waals surface area contributed by atoms with Crippen LogP contribution in [-0.4, -0.2) is 46.1 Å². The van der Waals surface area contributed by atoms with Crippen molar-refractivity contribution < 1.29 is 4.79 Å². The SMILES string of the molecule is CCn1c(=O)n(CC(=O)N2CCCC(NC)C2)c2ccccc21.Cl. The van der Waals surface area contributed by atoms with Crippen LogP contribution in [-0.2, 0) is 17.9 Å². The second-order valence-corrected chi connectivity index (χ2v) is 6.07. The van der Waals surface area contributed by atoms with Gasteiger partial charge < -0.3 is 10.2 Å². The normalized spacial score (nSPS) is 17.8. The van der Waals surface area contributed by atoms with Crippen LogP contribution in [0.25, 0.3) is 11.0 Å². The molecule has 6 nitrogen and oxygen atoms in total. The number of nitrogens with zero attached hydrogens (tertiary/aromatic N) is 3. The van der Waals surface area contributed by atoms with Crippen LogP contribution in [0, 0.1) is 0 Å². The number of benzene rings is 1. The van der Waals surface area contributed by atoms with E-state index in [1.54, 1.807) is 9.13 Å². The maximum Gasteiger partial charge on any atom is 0.329 e. The van der Waals surface area contributed by atoms with E-state index >= 15 is 0 Å².